The molecule has 316 valence electrons. The summed E-state index contributed by atoms with van der Waals surface area (Å²) in [6, 6.07) is 26.5. The fourth-order valence-corrected chi connectivity index (χ4v) is 13.3. The summed E-state index contributed by atoms with van der Waals surface area (Å²) >= 11 is 0. The quantitative estimate of drug-likeness (QED) is 0.109. The Kier molecular flexibility index (Phi) is 13.8. The lowest BCUT2D eigenvalue weighted by molar-refractivity contribution is 0.0849. The molecule has 6 saturated heterocycles. The van der Waals surface area contributed by atoms with Crippen LogP contribution in [-0.4, -0.2) is 80.7 Å². The van der Waals surface area contributed by atoms with Crippen LogP contribution in [0.15, 0.2) is 60.7 Å². The Bertz CT molecular complexity index is 1510. The van der Waals surface area contributed by atoms with Gasteiger partial charge in [-0.05, 0) is 155 Å². The van der Waals surface area contributed by atoms with E-state index in [0.717, 1.165) is 32.2 Å². The van der Waals surface area contributed by atoms with Crippen molar-refractivity contribution >= 4 is 0 Å². The van der Waals surface area contributed by atoms with Crippen molar-refractivity contribution in [1.29, 1.82) is 0 Å². The summed E-state index contributed by atoms with van der Waals surface area (Å²) in [5.41, 5.74) is 3.39. The summed E-state index contributed by atoms with van der Waals surface area (Å²) in [6.45, 7) is 19.2. The van der Waals surface area contributed by atoms with Crippen LogP contribution in [-0.2, 0) is 4.74 Å². The number of nitrogens with one attached hydrogen (secondary N) is 5. The number of rotatable bonds is 16. The molecule has 7 nitrogen and oxygen atoms in total. The van der Waals surface area contributed by atoms with E-state index in [1.165, 1.54) is 108 Å². The number of hydrogen-bond acceptors (Lipinski definition) is 7. The Labute approximate surface area is 347 Å². The molecule has 7 heteroatoms. The molecule has 8 rings (SSSR count). The van der Waals surface area contributed by atoms with E-state index < -0.39 is 0 Å². The maximum atomic E-state index is 6.23. The summed E-state index contributed by atoms with van der Waals surface area (Å²) in [5, 5.41) is 20.2. The number of likely N-dealkylation sites (tertiary alicyclic amines) is 1. The molecule has 6 heterocycles. The average molecular weight is 781 g/mol. The summed E-state index contributed by atoms with van der Waals surface area (Å²) in [4.78, 5) is 2.87. The first-order valence-electron chi connectivity index (χ1n) is 23.8. The van der Waals surface area contributed by atoms with Crippen molar-refractivity contribution in [2.45, 2.75) is 167 Å². The van der Waals surface area contributed by atoms with Gasteiger partial charge in [0, 0.05) is 55.5 Å². The lowest BCUT2D eigenvalue weighted by Crippen LogP contribution is -2.50. The fraction of sp³-hybridized carbons (Fsp3) is 0.760. The first-order chi connectivity index (χ1) is 27.6. The molecule has 0 aromatic heterocycles. The zero-order chi connectivity index (χ0) is 39.4. The highest BCUT2D eigenvalue weighted by atomic mass is 16.5. The van der Waals surface area contributed by atoms with Crippen LogP contribution in [0.3, 0.4) is 0 Å². The van der Waals surface area contributed by atoms with E-state index >= 15 is 0 Å². The minimum absolute atomic E-state index is 0.215. The molecule has 2 aromatic carbocycles. The molecule has 0 aliphatic carbocycles. The lowest BCUT2D eigenvalue weighted by atomic mass is 9.69. The van der Waals surface area contributed by atoms with Gasteiger partial charge in [0.2, 0.25) is 0 Å². The molecular weight excluding hydrogens is 701 g/mol. The number of ether oxygens (including phenoxy) is 1. The molecule has 12 atom stereocenters. The molecule has 0 saturated carbocycles. The zero-order valence-corrected chi connectivity index (χ0v) is 36.5. The molecule has 57 heavy (non-hydrogen) atoms. The standard InChI is InChI=1S/C50H80N6O/c1-49(2,3)47-40(33-44(55-47)56-27-13-19-43(56)23-29-57-28-22-41-18-12-24-51-41)31-38-21-26-53-48(38)50(4,5)34-42-32-39(46(54-42)36-16-10-7-11-17-36)30-37-20-25-52-45(37)35-14-8-6-9-15-35/h6-11,14-17,37-48,51-55H,12-13,18-34H2,1-5H3. The maximum absolute atomic E-state index is 6.23. The van der Waals surface area contributed by atoms with Gasteiger partial charge in [0.15, 0.2) is 0 Å². The highest BCUT2D eigenvalue weighted by Crippen LogP contribution is 2.48. The minimum Gasteiger partial charge on any atom is -0.381 e. The van der Waals surface area contributed by atoms with E-state index in [2.05, 4.69) is 127 Å². The maximum Gasteiger partial charge on any atom is 0.0605 e. The predicted octanol–water partition coefficient (Wildman–Crippen LogP) is 8.59. The third-order valence-corrected chi connectivity index (χ3v) is 15.8. The van der Waals surface area contributed by atoms with Crippen molar-refractivity contribution in [1.82, 2.24) is 31.5 Å². The predicted molar refractivity (Wildman–Crippen MR) is 236 cm³/mol. The third kappa shape index (κ3) is 10.2. The summed E-state index contributed by atoms with van der Waals surface area (Å²) in [6.07, 6.45) is 17.2. The topological polar surface area (TPSA) is 72.6 Å². The van der Waals surface area contributed by atoms with Gasteiger partial charge >= 0.3 is 0 Å². The Morgan fingerprint density at radius 3 is 2.05 bits per heavy atom. The Morgan fingerprint density at radius 1 is 0.614 bits per heavy atom. The second-order valence-corrected chi connectivity index (χ2v) is 21.3. The Hall–Kier alpha value is -1.84. The smallest absolute Gasteiger partial charge is 0.0605 e. The second-order valence-electron chi connectivity index (χ2n) is 21.3. The molecule has 2 aromatic rings. The van der Waals surface area contributed by atoms with Crippen LogP contribution in [0.4, 0.5) is 0 Å². The van der Waals surface area contributed by atoms with E-state index in [1.807, 2.05) is 0 Å². The largest absolute Gasteiger partial charge is 0.381 e. The van der Waals surface area contributed by atoms with E-state index in [9.17, 15) is 0 Å². The third-order valence-electron chi connectivity index (χ3n) is 15.8. The van der Waals surface area contributed by atoms with Crippen LogP contribution >= 0.6 is 0 Å². The Morgan fingerprint density at radius 2 is 1.32 bits per heavy atom. The molecule has 5 N–H and O–H groups in total. The van der Waals surface area contributed by atoms with Crippen LogP contribution in [0, 0.1) is 34.5 Å². The van der Waals surface area contributed by atoms with Crippen molar-refractivity contribution in [3.05, 3.63) is 71.8 Å². The molecule has 0 spiro atoms. The van der Waals surface area contributed by atoms with Gasteiger partial charge in [0.1, 0.15) is 0 Å². The van der Waals surface area contributed by atoms with E-state index in [0.29, 0.717) is 66.2 Å². The van der Waals surface area contributed by atoms with Crippen LogP contribution in [0.2, 0.25) is 0 Å². The molecule has 0 radical (unpaired) electrons. The van der Waals surface area contributed by atoms with Crippen LogP contribution in [0.1, 0.15) is 141 Å². The van der Waals surface area contributed by atoms with E-state index in [-0.39, 0.29) is 10.8 Å². The van der Waals surface area contributed by atoms with Gasteiger partial charge in [-0.1, -0.05) is 95.3 Å². The van der Waals surface area contributed by atoms with Crippen LogP contribution in [0.25, 0.3) is 0 Å². The molecule has 0 amide bonds. The molecule has 6 aliphatic rings. The van der Waals surface area contributed by atoms with Gasteiger partial charge in [-0.3, -0.25) is 10.2 Å². The molecule has 12 unspecified atom stereocenters. The summed E-state index contributed by atoms with van der Waals surface area (Å²) < 4.78 is 6.23. The monoisotopic (exact) mass is 781 g/mol. The molecule has 0 bridgehead atoms. The Balaban J connectivity index is 0.890. The van der Waals surface area contributed by atoms with Crippen molar-refractivity contribution in [2.75, 3.05) is 39.4 Å². The molecular formula is C50H80N6O. The van der Waals surface area contributed by atoms with Crippen molar-refractivity contribution in [3.8, 4) is 0 Å². The first-order valence-corrected chi connectivity index (χ1v) is 23.8. The van der Waals surface area contributed by atoms with Crippen molar-refractivity contribution in [2.24, 2.45) is 34.5 Å². The number of hydrogen-bond donors (Lipinski definition) is 5. The van der Waals surface area contributed by atoms with Gasteiger partial charge in [0.25, 0.3) is 0 Å². The van der Waals surface area contributed by atoms with Gasteiger partial charge in [0.05, 0.1) is 6.17 Å². The summed E-state index contributed by atoms with van der Waals surface area (Å²) in [5.74, 6) is 2.78. The van der Waals surface area contributed by atoms with Crippen LogP contribution < -0.4 is 26.6 Å². The summed E-state index contributed by atoms with van der Waals surface area (Å²) in [7, 11) is 0. The molecule has 6 aliphatic heterocycles. The lowest BCUT2D eigenvalue weighted by Gasteiger charge is -2.40. The van der Waals surface area contributed by atoms with Gasteiger partial charge in [-0.25, -0.2) is 0 Å². The average Bonchev–Trinajstić information content (AvgIpc) is 4.05. The zero-order valence-electron chi connectivity index (χ0n) is 36.5. The second kappa shape index (κ2) is 18.8. The molecule has 6 fully saturated rings. The van der Waals surface area contributed by atoms with E-state index in [1.54, 1.807) is 0 Å². The van der Waals surface area contributed by atoms with Gasteiger partial charge in [-0.2, -0.15) is 0 Å². The highest BCUT2D eigenvalue weighted by Gasteiger charge is 2.49. The van der Waals surface area contributed by atoms with Crippen molar-refractivity contribution in [3.63, 3.8) is 0 Å². The van der Waals surface area contributed by atoms with Gasteiger partial charge < -0.3 is 26.0 Å². The fourth-order valence-electron chi connectivity index (χ4n) is 13.3. The van der Waals surface area contributed by atoms with E-state index in [4.69, 9.17) is 4.74 Å². The minimum atomic E-state index is 0.215. The highest BCUT2D eigenvalue weighted by molar-refractivity contribution is 5.24. The first kappa shape index (κ1) is 41.9. The number of benzene rings is 2. The normalized spacial score (nSPS) is 36.5. The number of nitrogens with zero attached hydrogens (tertiary/aromatic N) is 1. The van der Waals surface area contributed by atoms with Crippen LogP contribution in [0.5, 0.6) is 0 Å². The SMILES string of the molecule is CC(C)(C)C1NC(N2CCCC2CCOCCC2CCCN2)CC1CC1CCNC1C(C)(C)CC1CC(CC2CCNC2c2ccccc2)C(c2ccccc2)N1. The van der Waals surface area contributed by atoms with Gasteiger partial charge in [-0.15, -0.1) is 0 Å². The van der Waals surface area contributed by atoms with Crippen molar-refractivity contribution < 1.29 is 4.74 Å².